The van der Waals surface area contributed by atoms with Crippen LogP contribution in [0, 0.1) is 0 Å². The van der Waals surface area contributed by atoms with Crippen LogP contribution in [0.25, 0.3) is 98.4 Å². The monoisotopic (exact) mass is 596 g/mol. The first-order valence-corrected chi connectivity index (χ1v) is 16.2. The van der Waals surface area contributed by atoms with Crippen molar-refractivity contribution in [1.82, 2.24) is 0 Å². The second-order valence-corrected chi connectivity index (χ2v) is 12.4. The molecule has 0 aliphatic rings. The van der Waals surface area contributed by atoms with E-state index in [-0.39, 0.29) is 0 Å². The van der Waals surface area contributed by atoms with Gasteiger partial charge in [0.15, 0.2) is 0 Å². The molecular weight excluding hydrogens is 569 g/mol. The van der Waals surface area contributed by atoms with Gasteiger partial charge in [-0.15, -0.1) is 0 Å². The van der Waals surface area contributed by atoms with E-state index in [2.05, 4.69) is 170 Å². The van der Waals surface area contributed by atoms with E-state index >= 15 is 0 Å². The maximum absolute atomic E-state index is 6.39. The molecule has 1 heterocycles. The molecule has 0 amide bonds. The Morgan fingerprint density at radius 3 is 1.51 bits per heavy atom. The van der Waals surface area contributed by atoms with Crippen molar-refractivity contribution in [2.24, 2.45) is 0 Å². The summed E-state index contributed by atoms with van der Waals surface area (Å²) >= 11 is 0. The van der Waals surface area contributed by atoms with Gasteiger partial charge in [0, 0.05) is 10.8 Å². The molecule has 10 aromatic rings. The molecule has 0 aliphatic carbocycles. The summed E-state index contributed by atoms with van der Waals surface area (Å²) in [5.41, 5.74) is 9.24. The fourth-order valence-corrected chi connectivity index (χ4v) is 7.74. The molecule has 1 heteroatoms. The average molecular weight is 597 g/mol. The second-order valence-electron chi connectivity index (χ2n) is 12.4. The minimum atomic E-state index is 0.915. The van der Waals surface area contributed by atoms with Crippen molar-refractivity contribution in [3.8, 4) is 33.4 Å². The zero-order chi connectivity index (χ0) is 30.9. The van der Waals surface area contributed by atoms with E-state index in [9.17, 15) is 0 Å². The molecule has 0 N–H and O–H groups in total. The molecule has 9 aromatic carbocycles. The van der Waals surface area contributed by atoms with Crippen LogP contribution in [0.5, 0.6) is 0 Å². The summed E-state index contributed by atoms with van der Waals surface area (Å²) in [6.45, 7) is 0. The summed E-state index contributed by atoms with van der Waals surface area (Å²) in [7, 11) is 0. The summed E-state index contributed by atoms with van der Waals surface area (Å²) in [6.07, 6.45) is 0. The minimum Gasteiger partial charge on any atom is -0.456 e. The molecule has 0 aliphatic heterocycles. The van der Waals surface area contributed by atoms with E-state index in [1.807, 2.05) is 0 Å². The quantitative estimate of drug-likeness (QED) is 0.185. The van der Waals surface area contributed by atoms with Gasteiger partial charge in [-0.05, 0) is 94.7 Å². The number of furan rings is 1. The van der Waals surface area contributed by atoms with Gasteiger partial charge in [0.2, 0.25) is 0 Å². The van der Waals surface area contributed by atoms with E-state index in [0.29, 0.717) is 0 Å². The Morgan fingerprint density at radius 2 is 0.809 bits per heavy atom. The van der Waals surface area contributed by atoms with Crippen molar-refractivity contribution < 1.29 is 4.42 Å². The van der Waals surface area contributed by atoms with Crippen molar-refractivity contribution in [2.45, 2.75) is 0 Å². The zero-order valence-electron chi connectivity index (χ0n) is 25.6. The molecule has 0 atom stereocenters. The Kier molecular flexibility index (Phi) is 5.64. The highest BCUT2D eigenvalue weighted by atomic mass is 16.3. The summed E-state index contributed by atoms with van der Waals surface area (Å²) in [5, 5.41) is 12.3. The van der Waals surface area contributed by atoms with Gasteiger partial charge in [0.05, 0.1) is 0 Å². The average Bonchev–Trinajstić information content (AvgIpc) is 3.50. The topological polar surface area (TPSA) is 13.1 Å². The van der Waals surface area contributed by atoms with Gasteiger partial charge in [-0.1, -0.05) is 152 Å². The third-order valence-corrected chi connectivity index (χ3v) is 9.84. The van der Waals surface area contributed by atoms with Crippen LogP contribution in [0.15, 0.2) is 174 Å². The fraction of sp³-hybridized carbons (Fsp3) is 0. The fourth-order valence-electron chi connectivity index (χ4n) is 7.74. The van der Waals surface area contributed by atoms with Crippen LogP contribution < -0.4 is 0 Å². The first-order chi connectivity index (χ1) is 23.3. The molecule has 47 heavy (non-hydrogen) atoms. The molecule has 0 bridgehead atoms. The van der Waals surface area contributed by atoms with Gasteiger partial charge in [-0.3, -0.25) is 0 Å². The van der Waals surface area contributed by atoms with E-state index < -0.39 is 0 Å². The number of hydrogen-bond acceptors (Lipinski definition) is 1. The molecule has 0 fully saturated rings. The highest BCUT2D eigenvalue weighted by Crippen LogP contribution is 2.46. The number of rotatable bonds is 3. The molecule has 1 nitrogen and oxygen atoms in total. The molecule has 0 saturated carbocycles. The van der Waals surface area contributed by atoms with Crippen LogP contribution in [-0.4, -0.2) is 0 Å². The van der Waals surface area contributed by atoms with Crippen molar-refractivity contribution in [1.29, 1.82) is 0 Å². The molecule has 0 radical (unpaired) electrons. The van der Waals surface area contributed by atoms with Crippen molar-refractivity contribution in [3.05, 3.63) is 170 Å². The third-order valence-electron chi connectivity index (χ3n) is 9.84. The highest BCUT2D eigenvalue weighted by Gasteiger charge is 2.18. The molecule has 218 valence electrons. The van der Waals surface area contributed by atoms with E-state index in [0.717, 1.165) is 21.9 Å². The molecule has 0 saturated heterocycles. The summed E-state index contributed by atoms with van der Waals surface area (Å²) in [5.74, 6) is 0. The van der Waals surface area contributed by atoms with Gasteiger partial charge >= 0.3 is 0 Å². The van der Waals surface area contributed by atoms with Crippen LogP contribution >= 0.6 is 0 Å². The van der Waals surface area contributed by atoms with Gasteiger partial charge in [-0.25, -0.2) is 0 Å². The van der Waals surface area contributed by atoms with E-state index in [4.69, 9.17) is 4.42 Å². The second kappa shape index (κ2) is 10.2. The first kappa shape index (κ1) is 26.1. The normalized spacial score (nSPS) is 11.8. The van der Waals surface area contributed by atoms with Crippen molar-refractivity contribution in [2.75, 3.05) is 0 Å². The summed E-state index contributed by atoms with van der Waals surface area (Å²) in [6, 6.07) is 61.6. The van der Waals surface area contributed by atoms with Crippen LogP contribution in [0.4, 0.5) is 0 Å². The number of fused-ring (bicyclic) bond motifs is 7. The third kappa shape index (κ3) is 3.97. The van der Waals surface area contributed by atoms with Gasteiger partial charge in [0.25, 0.3) is 0 Å². The lowest BCUT2D eigenvalue weighted by Gasteiger charge is -2.19. The SMILES string of the molecule is c1ccc2cc3c(cc2c1)oc1cccc(-c2ccc(-c4c5ccccc5c(-c5cccc6ccccc56)c5ccccc45)cc2)c13. The Bertz CT molecular complexity index is 2770. The maximum atomic E-state index is 6.39. The highest BCUT2D eigenvalue weighted by molar-refractivity contribution is 6.23. The molecule has 1 aromatic heterocycles. The lowest BCUT2D eigenvalue weighted by atomic mass is 9.84. The minimum absolute atomic E-state index is 0.915. The smallest absolute Gasteiger partial charge is 0.136 e. The molecular formula is C46H28O. The lowest BCUT2D eigenvalue weighted by molar-refractivity contribution is 0.669. The standard InChI is InChI=1S/C46H28O/c1-2-13-33-28-43-41(27-32(33)12-1)46-35(20-10-22-42(46)47-43)30-23-25-31(26-24-30)44-37-16-5-7-18-39(37)45(40-19-8-6-17-38(40)44)36-21-9-14-29-11-3-4-15-34(29)36/h1-28H. The number of benzene rings is 9. The number of hydrogen-bond donors (Lipinski definition) is 0. The Balaban J connectivity index is 1.19. The van der Waals surface area contributed by atoms with Crippen LogP contribution in [0.3, 0.4) is 0 Å². The van der Waals surface area contributed by atoms with Crippen molar-refractivity contribution in [3.63, 3.8) is 0 Å². The molecule has 0 spiro atoms. The lowest BCUT2D eigenvalue weighted by Crippen LogP contribution is -1.91. The van der Waals surface area contributed by atoms with Gasteiger partial charge in [0.1, 0.15) is 11.2 Å². The summed E-state index contributed by atoms with van der Waals surface area (Å²) < 4.78 is 6.39. The Labute approximate surface area is 271 Å². The van der Waals surface area contributed by atoms with Gasteiger partial charge in [-0.2, -0.15) is 0 Å². The predicted octanol–water partition coefficient (Wildman–Crippen LogP) is 13.2. The maximum Gasteiger partial charge on any atom is 0.136 e. The van der Waals surface area contributed by atoms with Crippen molar-refractivity contribution >= 4 is 65.0 Å². The molecule has 0 unspecified atom stereocenters. The Morgan fingerprint density at radius 1 is 0.298 bits per heavy atom. The van der Waals surface area contributed by atoms with Crippen LogP contribution in [-0.2, 0) is 0 Å². The van der Waals surface area contributed by atoms with Crippen LogP contribution in [0.2, 0.25) is 0 Å². The van der Waals surface area contributed by atoms with E-state index in [1.54, 1.807) is 0 Å². The largest absolute Gasteiger partial charge is 0.456 e. The molecule has 10 rings (SSSR count). The first-order valence-electron chi connectivity index (χ1n) is 16.2. The Hall–Kier alpha value is -6.18. The van der Waals surface area contributed by atoms with Gasteiger partial charge < -0.3 is 4.42 Å². The summed E-state index contributed by atoms with van der Waals surface area (Å²) in [4.78, 5) is 0. The zero-order valence-corrected chi connectivity index (χ0v) is 25.6. The van der Waals surface area contributed by atoms with E-state index in [1.165, 1.54) is 76.5 Å². The van der Waals surface area contributed by atoms with Crippen LogP contribution in [0.1, 0.15) is 0 Å². The predicted molar refractivity (Wildman–Crippen MR) is 200 cm³/mol.